The van der Waals surface area contributed by atoms with Crippen LogP contribution < -0.4 is 11.1 Å². The van der Waals surface area contributed by atoms with Crippen molar-refractivity contribution in [2.45, 2.75) is 13.8 Å². The SMILES string of the molecule is Cc1cc(N)cc(C(=O)Nc2cc(C)nn2C)c1. The molecule has 0 saturated heterocycles. The summed E-state index contributed by atoms with van der Waals surface area (Å²) < 4.78 is 1.63. The highest BCUT2D eigenvalue weighted by Crippen LogP contribution is 2.14. The molecule has 0 aliphatic rings. The van der Waals surface area contributed by atoms with E-state index in [-0.39, 0.29) is 5.91 Å². The minimum absolute atomic E-state index is 0.187. The van der Waals surface area contributed by atoms with Crippen LogP contribution in [0.3, 0.4) is 0 Å². The summed E-state index contributed by atoms with van der Waals surface area (Å²) in [6.45, 7) is 3.78. The summed E-state index contributed by atoms with van der Waals surface area (Å²) in [6.07, 6.45) is 0. The van der Waals surface area contributed by atoms with Gasteiger partial charge in [-0.2, -0.15) is 5.10 Å². The Morgan fingerprint density at radius 1 is 1.28 bits per heavy atom. The van der Waals surface area contributed by atoms with Crippen molar-refractivity contribution in [3.8, 4) is 0 Å². The first-order valence-corrected chi connectivity index (χ1v) is 5.65. The van der Waals surface area contributed by atoms with E-state index in [0.29, 0.717) is 17.1 Å². The highest BCUT2D eigenvalue weighted by Gasteiger charge is 2.10. The highest BCUT2D eigenvalue weighted by molar-refractivity contribution is 6.04. The van der Waals surface area contributed by atoms with Gasteiger partial charge in [0.15, 0.2) is 0 Å². The van der Waals surface area contributed by atoms with Gasteiger partial charge in [0, 0.05) is 24.4 Å². The minimum atomic E-state index is -0.187. The van der Waals surface area contributed by atoms with E-state index in [1.54, 1.807) is 23.9 Å². The minimum Gasteiger partial charge on any atom is -0.399 e. The van der Waals surface area contributed by atoms with Crippen LogP contribution in [-0.4, -0.2) is 15.7 Å². The lowest BCUT2D eigenvalue weighted by Crippen LogP contribution is -2.15. The van der Waals surface area contributed by atoms with E-state index in [2.05, 4.69) is 10.4 Å². The zero-order chi connectivity index (χ0) is 13.3. The molecule has 0 bridgehead atoms. The number of amides is 1. The number of nitrogens with zero attached hydrogens (tertiary/aromatic N) is 2. The smallest absolute Gasteiger partial charge is 0.256 e. The molecule has 1 aromatic carbocycles. The molecule has 1 amide bonds. The summed E-state index contributed by atoms with van der Waals surface area (Å²) in [6, 6.07) is 7.10. The summed E-state index contributed by atoms with van der Waals surface area (Å²) in [5.74, 6) is 0.478. The number of rotatable bonds is 2. The fourth-order valence-corrected chi connectivity index (χ4v) is 1.86. The predicted octanol–water partition coefficient (Wildman–Crippen LogP) is 1.87. The molecule has 0 aliphatic carbocycles. The molecule has 5 nitrogen and oxygen atoms in total. The molecule has 2 rings (SSSR count). The Hall–Kier alpha value is -2.30. The van der Waals surface area contributed by atoms with Crippen molar-refractivity contribution < 1.29 is 4.79 Å². The van der Waals surface area contributed by atoms with Crippen LogP contribution in [0.25, 0.3) is 0 Å². The lowest BCUT2D eigenvalue weighted by Gasteiger charge is -2.06. The molecule has 1 heterocycles. The van der Waals surface area contributed by atoms with Gasteiger partial charge in [0.2, 0.25) is 0 Å². The summed E-state index contributed by atoms with van der Waals surface area (Å²) in [4.78, 5) is 12.1. The Labute approximate surface area is 106 Å². The van der Waals surface area contributed by atoms with Crippen molar-refractivity contribution in [1.82, 2.24) is 9.78 Å². The van der Waals surface area contributed by atoms with E-state index < -0.39 is 0 Å². The van der Waals surface area contributed by atoms with Crippen LogP contribution in [0, 0.1) is 13.8 Å². The molecule has 0 aliphatic heterocycles. The van der Waals surface area contributed by atoms with E-state index >= 15 is 0 Å². The molecule has 0 fully saturated rings. The third-order valence-corrected chi connectivity index (χ3v) is 2.61. The first kappa shape index (κ1) is 12.2. The van der Waals surface area contributed by atoms with E-state index in [0.717, 1.165) is 11.3 Å². The number of anilines is 2. The molecule has 2 aromatic rings. The van der Waals surface area contributed by atoms with Crippen LogP contribution in [0.1, 0.15) is 21.6 Å². The largest absolute Gasteiger partial charge is 0.399 e. The molecule has 0 unspecified atom stereocenters. The van der Waals surface area contributed by atoms with Crippen LogP contribution in [0.4, 0.5) is 11.5 Å². The summed E-state index contributed by atoms with van der Waals surface area (Å²) in [7, 11) is 1.78. The second kappa shape index (κ2) is 4.52. The summed E-state index contributed by atoms with van der Waals surface area (Å²) in [5.41, 5.74) is 8.68. The number of nitrogens with one attached hydrogen (secondary N) is 1. The fourth-order valence-electron chi connectivity index (χ4n) is 1.86. The Morgan fingerprint density at radius 3 is 2.56 bits per heavy atom. The third-order valence-electron chi connectivity index (χ3n) is 2.61. The normalized spacial score (nSPS) is 10.4. The van der Waals surface area contributed by atoms with Gasteiger partial charge in [-0.15, -0.1) is 0 Å². The molecule has 0 atom stereocenters. The number of aryl methyl sites for hydroxylation is 3. The Bertz CT molecular complexity index is 581. The number of nitrogens with two attached hydrogens (primary N) is 1. The molecule has 18 heavy (non-hydrogen) atoms. The van der Waals surface area contributed by atoms with Crippen molar-refractivity contribution in [2.75, 3.05) is 11.1 Å². The van der Waals surface area contributed by atoms with Crippen LogP contribution in [0.5, 0.6) is 0 Å². The standard InChI is InChI=1S/C13H16N4O/c1-8-4-10(7-11(14)5-8)13(18)15-12-6-9(2)16-17(12)3/h4-7H,14H2,1-3H3,(H,15,18). The lowest BCUT2D eigenvalue weighted by molar-refractivity contribution is 0.102. The van der Waals surface area contributed by atoms with Gasteiger partial charge in [-0.25, -0.2) is 0 Å². The zero-order valence-corrected chi connectivity index (χ0v) is 10.7. The second-order valence-corrected chi connectivity index (χ2v) is 4.38. The Kier molecular flexibility index (Phi) is 3.06. The van der Waals surface area contributed by atoms with Gasteiger partial charge in [-0.3, -0.25) is 9.48 Å². The summed E-state index contributed by atoms with van der Waals surface area (Å²) in [5, 5.41) is 6.98. The Morgan fingerprint density at radius 2 is 2.00 bits per heavy atom. The maximum Gasteiger partial charge on any atom is 0.256 e. The number of hydrogen-bond acceptors (Lipinski definition) is 3. The van der Waals surface area contributed by atoms with Gasteiger partial charge >= 0.3 is 0 Å². The van der Waals surface area contributed by atoms with E-state index in [9.17, 15) is 4.79 Å². The monoisotopic (exact) mass is 244 g/mol. The highest BCUT2D eigenvalue weighted by atomic mass is 16.1. The number of carbonyl (C=O) groups is 1. The molecule has 94 valence electrons. The number of benzene rings is 1. The van der Waals surface area contributed by atoms with E-state index in [1.807, 2.05) is 26.0 Å². The average Bonchev–Trinajstić information content (AvgIpc) is 2.56. The van der Waals surface area contributed by atoms with Gasteiger partial charge in [0.25, 0.3) is 5.91 Å². The first-order chi connectivity index (χ1) is 8.45. The first-order valence-electron chi connectivity index (χ1n) is 5.65. The second-order valence-electron chi connectivity index (χ2n) is 4.38. The lowest BCUT2D eigenvalue weighted by atomic mass is 10.1. The van der Waals surface area contributed by atoms with Crippen molar-refractivity contribution in [1.29, 1.82) is 0 Å². The van der Waals surface area contributed by atoms with E-state index in [1.165, 1.54) is 0 Å². The molecule has 5 heteroatoms. The summed E-state index contributed by atoms with van der Waals surface area (Å²) >= 11 is 0. The zero-order valence-electron chi connectivity index (χ0n) is 10.7. The van der Waals surface area contributed by atoms with Gasteiger partial charge in [-0.05, 0) is 37.6 Å². The van der Waals surface area contributed by atoms with E-state index in [4.69, 9.17) is 5.73 Å². The Balaban J connectivity index is 2.24. The topological polar surface area (TPSA) is 72.9 Å². The average molecular weight is 244 g/mol. The molecule has 0 saturated carbocycles. The maximum atomic E-state index is 12.1. The van der Waals surface area contributed by atoms with Crippen LogP contribution in [-0.2, 0) is 7.05 Å². The molecular formula is C13H16N4O. The predicted molar refractivity (Wildman–Crippen MR) is 71.5 cm³/mol. The number of hydrogen-bond donors (Lipinski definition) is 2. The fraction of sp³-hybridized carbons (Fsp3) is 0.231. The number of aromatic nitrogens is 2. The van der Waals surface area contributed by atoms with Gasteiger partial charge in [-0.1, -0.05) is 0 Å². The third kappa shape index (κ3) is 2.51. The molecule has 0 spiro atoms. The molecular weight excluding hydrogens is 228 g/mol. The van der Waals surface area contributed by atoms with Crippen LogP contribution >= 0.6 is 0 Å². The van der Waals surface area contributed by atoms with Gasteiger partial charge in [0.1, 0.15) is 5.82 Å². The van der Waals surface area contributed by atoms with Crippen molar-refractivity contribution in [2.24, 2.45) is 7.05 Å². The number of nitrogen functional groups attached to an aromatic ring is 1. The quantitative estimate of drug-likeness (QED) is 0.792. The van der Waals surface area contributed by atoms with Crippen LogP contribution in [0.15, 0.2) is 24.3 Å². The number of carbonyl (C=O) groups excluding carboxylic acids is 1. The molecule has 1 aromatic heterocycles. The molecule has 0 radical (unpaired) electrons. The van der Waals surface area contributed by atoms with Crippen molar-refractivity contribution >= 4 is 17.4 Å². The maximum absolute atomic E-state index is 12.1. The van der Waals surface area contributed by atoms with Gasteiger partial charge in [0.05, 0.1) is 5.69 Å². The van der Waals surface area contributed by atoms with Crippen molar-refractivity contribution in [3.63, 3.8) is 0 Å². The molecule has 3 N–H and O–H groups in total. The van der Waals surface area contributed by atoms with Gasteiger partial charge < -0.3 is 11.1 Å². The van der Waals surface area contributed by atoms with Crippen LogP contribution in [0.2, 0.25) is 0 Å². The van der Waals surface area contributed by atoms with Crippen molar-refractivity contribution in [3.05, 3.63) is 41.1 Å².